The first-order chi connectivity index (χ1) is 23.6. The number of rotatable bonds is 4. The van der Waals surface area contributed by atoms with Gasteiger partial charge in [-0.2, -0.15) is 0 Å². The SMILES string of the molecule is CCc1cc2sc1c1cccc3cccc(c4sc(cc4CC)c4cc(CC)c(s4)c4cccc5cccc(c6sc2cc6CC)c54)c31. The second-order valence-corrected chi connectivity index (χ2v) is 16.9. The van der Waals surface area contributed by atoms with Crippen molar-refractivity contribution in [3.05, 3.63) is 119 Å². The van der Waals surface area contributed by atoms with Crippen molar-refractivity contribution in [1.82, 2.24) is 0 Å². The number of aryl methyl sites for hydroxylation is 4. The monoisotopic (exact) mass is 692 g/mol. The molecule has 0 fully saturated rings. The maximum Gasteiger partial charge on any atom is 0.0452 e. The molecule has 0 aliphatic carbocycles. The third-order valence-corrected chi connectivity index (χ3v) is 15.3. The van der Waals surface area contributed by atoms with E-state index in [-0.39, 0.29) is 0 Å². The summed E-state index contributed by atoms with van der Waals surface area (Å²) in [6.07, 6.45) is 4.05. The van der Waals surface area contributed by atoms with Gasteiger partial charge in [-0.3, -0.25) is 0 Å². The highest BCUT2D eigenvalue weighted by Crippen LogP contribution is 2.44. The molecule has 0 radical (unpaired) electrons. The minimum absolute atomic E-state index is 1.01. The van der Waals surface area contributed by atoms with Gasteiger partial charge in [-0.25, -0.2) is 0 Å². The third-order valence-electron chi connectivity index (χ3n) is 10.0. The van der Waals surface area contributed by atoms with Crippen LogP contribution in [0, 0.1) is 0 Å². The van der Waals surface area contributed by atoms with Crippen molar-refractivity contribution in [3.8, 4) is 0 Å². The van der Waals surface area contributed by atoms with Gasteiger partial charge in [0.1, 0.15) is 0 Å². The van der Waals surface area contributed by atoms with Crippen LogP contribution in [0.25, 0.3) is 80.7 Å². The van der Waals surface area contributed by atoms with Crippen molar-refractivity contribution < 1.29 is 0 Å². The molecule has 0 saturated heterocycles. The van der Waals surface area contributed by atoms with E-state index in [2.05, 4.69) is 125 Å². The number of fused-ring (bicyclic) bond motifs is 14. The van der Waals surface area contributed by atoms with Crippen molar-refractivity contribution in [3.63, 3.8) is 0 Å². The predicted molar refractivity (Wildman–Crippen MR) is 222 cm³/mol. The fourth-order valence-electron chi connectivity index (χ4n) is 7.60. The molecule has 0 aliphatic rings. The number of thiophene rings is 4. The Labute approximate surface area is 296 Å². The summed E-state index contributed by atoms with van der Waals surface area (Å²) in [4.78, 5) is 0. The summed E-state index contributed by atoms with van der Waals surface area (Å²) >= 11 is 7.93. The first kappa shape index (κ1) is 30.3. The summed E-state index contributed by atoms with van der Waals surface area (Å²) in [5.74, 6) is 0. The van der Waals surface area contributed by atoms with E-state index in [1.165, 1.54) is 103 Å². The van der Waals surface area contributed by atoms with Crippen LogP contribution in [-0.4, -0.2) is 0 Å². The highest BCUT2D eigenvalue weighted by atomic mass is 32.1. The summed E-state index contributed by atoms with van der Waals surface area (Å²) < 4.78 is 11.2. The average Bonchev–Trinajstić information content (AvgIpc) is 3.94. The number of hydrogen-bond acceptors (Lipinski definition) is 4. The lowest BCUT2D eigenvalue weighted by atomic mass is 10.0. The van der Waals surface area contributed by atoms with Crippen molar-refractivity contribution in [2.24, 2.45) is 0 Å². The molecule has 236 valence electrons. The Morgan fingerprint density at radius 2 is 0.604 bits per heavy atom. The van der Waals surface area contributed by atoms with Gasteiger partial charge in [-0.05, 0) is 93.7 Å². The van der Waals surface area contributed by atoms with Gasteiger partial charge < -0.3 is 0 Å². The van der Waals surface area contributed by atoms with Crippen LogP contribution < -0.4 is 0 Å². The quantitative estimate of drug-likeness (QED) is 0.172. The lowest BCUT2D eigenvalue weighted by molar-refractivity contribution is 1.17. The lowest BCUT2D eigenvalue weighted by Gasteiger charge is -2.05. The van der Waals surface area contributed by atoms with Crippen LogP contribution in [0.5, 0.6) is 0 Å². The Kier molecular flexibility index (Phi) is 7.54. The molecule has 5 heterocycles. The Hall–Kier alpha value is -3.80. The van der Waals surface area contributed by atoms with Crippen LogP contribution in [-0.2, 0) is 25.7 Å². The van der Waals surface area contributed by atoms with E-state index in [4.69, 9.17) is 0 Å². The second-order valence-electron chi connectivity index (χ2n) is 12.7. The number of benzene rings is 4. The van der Waals surface area contributed by atoms with Gasteiger partial charge in [0.05, 0.1) is 0 Å². The molecule has 48 heavy (non-hydrogen) atoms. The molecule has 0 amide bonds. The van der Waals surface area contributed by atoms with Crippen LogP contribution in [0.3, 0.4) is 0 Å². The fraction of sp³-hybridized carbons (Fsp3) is 0.182. The zero-order chi connectivity index (χ0) is 32.5. The summed E-state index contributed by atoms with van der Waals surface area (Å²) in [5.41, 5.74) is 5.76. The van der Waals surface area contributed by atoms with Gasteiger partial charge in [-0.15, -0.1) is 45.3 Å². The maximum atomic E-state index is 2.49. The molecule has 9 aromatic rings. The molecule has 0 N–H and O–H groups in total. The van der Waals surface area contributed by atoms with Gasteiger partial charge >= 0.3 is 0 Å². The van der Waals surface area contributed by atoms with Crippen molar-refractivity contribution in [2.45, 2.75) is 53.4 Å². The summed E-state index contributed by atoms with van der Waals surface area (Å²) in [6.45, 7) is 9.25. The van der Waals surface area contributed by atoms with Crippen LogP contribution in [0.4, 0.5) is 0 Å². The fourth-order valence-corrected chi connectivity index (χ4v) is 12.9. The van der Waals surface area contributed by atoms with Crippen LogP contribution >= 0.6 is 45.3 Å². The lowest BCUT2D eigenvalue weighted by Crippen LogP contribution is -1.80. The Bertz CT molecular complexity index is 2450. The minimum atomic E-state index is 1.01. The van der Waals surface area contributed by atoms with E-state index in [9.17, 15) is 0 Å². The van der Waals surface area contributed by atoms with Crippen LogP contribution in [0.15, 0.2) is 97.1 Å². The molecule has 0 saturated carbocycles. The molecular weight excluding hydrogens is 657 g/mol. The van der Waals surface area contributed by atoms with Crippen LogP contribution in [0.1, 0.15) is 49.9 Å². The van der Waals surface area contributed by atoms with E-state index >= 15 is 0 Å². The van der Waals surface area contributed by atoms with Gasteiger partial charge in [0.2, 0.25) is 0 Å². The Morgan fingerprint density at radius 3 is 0.833 bits per heavy atom. The van der Waals surface area contributed by atoms with Crippen molar-refractivity contribution in [1.29, 1.82) is 0 Å². The zero-order valence-corrected chi connectivity index (χ0v) is 31.0. The summed E-state index contributed by atoms with van der Waals surface area (Å²) in [5, 5.41) is 10.9. The highest BCUT2D eigenvalue weighted by molar-refractivity contribution is 7.32. The molecule has 4 aromatic carbocycles. The molecule has 0 atom stereocenters. The van der Waals surface area contributed by atoms with E-state index < -0.39 is 0 Å². The molecule has 8 bridgehead atoms. The molecule has 9 rings (SSSR count). The molecule has 0 nitrogen and oxygen atoms in total. The van der Waals surface area contributed by atoms with Crippen LogP contribution in [0.2, 0.25) is 0 Å². The molecule has 5 aromatic heterocycles. The first-order valence-electron chi connectivity index (χ1n) is 17.2. The second kappa shape index (κ2) is 12.0. The van der Waals surface area contributed by atoms with E-state index in [1.807, 2.05) is 45.3 Å². The third kappa shape index (κ3) is 4.64. The molecule has 0 spiro atoms. The Morgan fingerprint density at radius 1 is 0.354 bits per heavy atom. The topological polar surface area (TPSA) is 0 Å². The highest BCUT2D eigenvalue weighted by Gasteiger charge is 2.15. The standard InChI is InChI=1S/C44H36S4/c1-5-25-21-35-36-22-26(6-2)43(46-36)33-19-11-15-30-16-12-20-34(40(30)33)44-28(8-4)24-38(48-44)37-23-27(7-3)42(47-37)32-18-10-14-29-13-9-17-31(39(29)32)41(25)45-35/h9-24H,5-8H2,1-4H3. The molecule has 0 unspecified atom stereocenters. The van der Waals surface area contributed by atoms with E-state index in [0.29, 0.717) is 0 Å². The Balaban J connectivity index is 1.61. The van der Waals surface area contributed by atoms with E-state index in [1.54, 1.807) is 0 Å². The largest absolute Gasteiger partial charge is 0.134 e. The average molecular weight is 693 g/mol. The van der Waals surface area contributed by atoms with Gasteiger partial charge in [0.15, 0.2) is 0 Å². The molecular formula is C44H36S4. The minimum Gasteiger partial charge on any atom is -0.134 e. The zero-order valence-electron chi connectivity index (χ0n) is 27.7. The molecule has 0 aliphatic heterocycles. The summed E-state index contributed by atoms with van der Waals surface area (Å²) in [6, 6.07) is 37.6. The summed E-state index contributed by atoms with van der Waals surface area (Å²) in [7, 11) is 0. The first-order valence-corrected chi connectivity index (χ1v) is 20.4. The maximum absolute atomic E-state index is 2.49. The molecule has 4 heteroatoms. The van der Waals surface area contributed by atoms with Gasteiger partial charge in [0.25, 0.3) is 0 Å². The number of hydrogen-bond donors (Lipinski definition) is 0. The van der Waals surface area contributed by atoms with Crippen molar-refractivity contribution in [2.75, 3.05) is 0 Å². The van der Waals surface area contributed by atoms with E-state index in [0.717, 1.165) is 25.7 Å². The van der Waals surface area contributed by atoms with Gasteiger partial charge in [-0.1, -0.05) is 100 Å². The smallest absolute Gasteiger partial charge is 0.0452 e. The van der Waals surface area contributed by atoms with Crippen molar-refractivity contribution >= 4 is 126 Å². The predicted octanol–water partition coefficient (Wildman–Crippen LogP) is 15.1. The van der Waals surface area contributed by atoms with Gasteiger partial charge in [0, 0.05) is 59.1 Å². The normalized spacial score (nSPS) is 12.1.